The third-order valence-corrected chi connectivity index (χ3v) is 7.88. The molecule has 2 saturated carbocycles. The summed E-state index contributed by atoms with van der Waals surface area (Å²) in [5, 5.41) is 20.5. The van der Waals surface area contributed by atoms with Crippen molar-refractivity contribution in [3.8, 4) is 28.4 Å². The van der Waals surface area contributed by atoms with Crippen LogP contribution in [-0.2, 0) is 9.59 Å². The minimum absolute atomic E-state index is 0.0954. The number of hydrogen-bond donors (Lipinski definition) is 1. The number of carboxylic acid groups (broad SMARTS) is 1. The van der Waals surface area contributed by atoms with E-state index in [0.29, 0.717) is 29.0 Å². The summed E-state index contributed by atoms with van der Waals surface area (Å²) in [5.74, 6) is -0.651. The average molecular weight is 507 g/mol. The van der Waals surface area contributed by atoms with Crippen molar-refractivity contribution in [1.82, 2.24) is 15.2 Å². The molecule has 2 aliphatic carbocycles. The van der Waals surface area contributed by atoms with Crippen molar-refractivity contribution in [2.75, 3.05) is 12.0 Å². The lowest BCUT2D eigenvalue weighted by Gasteiger charge is -2.26. The molecule has 9 heteroatoms. The number of thiazole rings is 1. The van der Waals surface area contributed by atoms with Crippen LogP contribution < -0.4 is 9.64 Å². The molecule has 0 saturated heterocycles. The van der Waals surface area contributed by atoms with Crippen LogP contribution in [0.4, 0.5) is 5.13 Å². The predicted octanol–water partition coefficient (Wildman–Crippen LogP) is 5.44. The highest BCUT2D eigenvalue weighted by molar-refractivity contribution is 7.14. The van der Waals surface area contributed by atoms with E-state index in [0.717, 1.165) is 42.5 Å². The Bertz CT molecular complexity index is 1220. The number of hydrogen-bond acceptors (Lipinski definition) is 7. The van der Waals surface area contributed by atoms with E-state index in [1.807, 2.05) is 35.7 Å². The Labute approximate surface area is 214 Å². The second-order valence-corrected chi connectivity index (χ2v) is 10.5. The van der Waals surface area contributed by atoms with Crippen LogP contribution >= 0.6 is 11.3 Å². The first kappa shape index (κ1) is 24.4. The summed E-state index contributed by atoms with van der Waals surface area (Å²) in [7, 11) is 1.55. The molecule has 3 aromatic rings. The first-order valence-corrected chi connectivity index (χ1v) is 13.4. The van der Waals surface area contributed by atoms with Gasteiger partial charge >= 0.3 is 5.97 Å². The van der Waals surface area contributed by atoms with Gasteiger partial charge in [0.2, 0.25) is 11.8 Å². The molecule has 188 valence electrons. The van der Waals surface area contributed by atoms with Crippen LogP contribution in [0.15, 0.2) is 41.8 Å². The molecule has 36 heavy (non-hydrogen) atoms. The largest absolute Gasteiger partial charge is 0.481 e. The maximum atomic E-state index is 13.7. The number of nitrogens with zero attached hydrogens (tertiary/aromatic N) is 4. The zero-order valence-electron chi connectivity index (χ0n) is 20.3. The van der Waals surface area contributed by atoms with Gasteiger partial charge < -0.3 is 9.84 Å². The minimum atomic E-state index is -0.920. The van der Waals surface area contributed by atoms with Crippen LogP contribution in [0, 0.1) is 11.8 Å². The molecular weight excluding hydrogens is 476 g/mol. The van der Waals surface area contributed by atoms with Gasteiger partial charge in [-0.2, -0.15) is 0 Å². The average Bonchev–Trinajstić information content (AvgIpc) is 3.36. The van der Waals surface area contributed by atoms with Crippen LogP contribution in [0.2, 0.25) is 0 Å². The van der Waals surface area contributed by atoms with Crippen LogP contribution in [0.25, 0.3) is 22.5 Å². The number of aliphatic carboxylic acids is 1. The Morgan fingerprint density at radius 2 is 1.78 bits per heavy atom. The molecule has 1 amide bonds. The molecule has 2 fully saturated rings. The molecule has 1 atom stereocenters. The molecule has 2 heterocycles. The van der Waals surface area contributed by atoms with E-state index in [1.54, 1.807) is 18.1 Å². The summed E-state index contributed by atoms with van der Waals surface area (Å²) in [6.45, 7) is 0. The van der Waals surface area contributed by atoms with Crippen molar-refractivity contribution >= 4 is 28.3 Å². The lowest BCUT2D eigenvalue weighted by atomic mass is 9.90. The zero-order chi connectivity index (χ0) is 25.1. The maximum absolute atomic E-state index is 13.7. The summed E-state index contributed by atoms with van der Waals surface area (Å²) in [5.41, 5.74) is 3.25. The van der Waals surface area contributed by atoms with Crippen LogP contribution in [0.1, 0.15) is 51.4 Å². The van der Waals surface area contributed by atoms with Crippen LogP contribution in [0.3, 0.4) is 0 Å². The Balaban J connectivity index is 1.43. The van der Waals surface area contributed by atoms with Gasteiger partial charge in [0.15, 0.2) is 5.13 Å². The molecule has 0 unspecified atom stereocenters. The van der Waals surface area contributed by atoms with Gasteiger partial charge in [-0.1, -0.05) is 49.9 Å². The first-order chi connectivity index (χ1) is 17.5. The number of carbonyl (C=O) groups excluding carboxylic acids is 1. The number of ether oxygens (including phenoxy) is 1. The SMILES string of the molecule is COc1ccc(-c2ccccc2-c2csc(N(C(=O)[C@@H](CC(=O)O)CC3CCCC3)C3CC3)n2)nn1. The first-order valence-electron chi connectivity index (χ1n) is 12.5. The lowest BCUT2D eigenvalue weighted by Crippen LogP contribution is -2.39. The van der Waals surface area contributed by atoms with Crippen molar-refractivity contribution in [3.63, 3.8) is 0 Å². The Hall–Kier alpha value is -3.33. The van der Waals surface area contributed by atoms with Gasteiger partial charge in [0.1, 0.15) is 0 Å². The van der Waals surface area contributed by atoms with Gasteiger partial charge in [-0.05, 0) is 31.2 Å². The summed E-state index contributed by atoms with van der Waals surface area (Å²) in [6.07, 6.45) is 6.85. The monoisotopic (exact) mass is 506 g/mol. The fourth-order valence-electron chi connectivity index (χ4n) is 5.09. The van der Waals surface area contributed by atoms with E-state index in [4.69, 9.17) is 9.72 Å². The third-order valence-electron chi connectivity index (χ3n) is 7.04. The summed E-state index contributed by atoms with van der Waals surface area (Å²) >= 11 is 1.43. The molecule has 0 spiro atoms. The number of amides is 1. The summed E-state index contributed by atoms with van der Waals surface area (Å²) in [6, 6.07) is 11.6. The van der Waals surface area contributed by atoms with Crippen molar-refractivity contribution in [1.29, 1.82) is 0 Å². The van der Waals surface area contributed by atoms with Gasteiger partial charge in [0.05, 0.1) is 24.9 Å². The molecular formula is C27H30N4O4S. The Kier molecular flexibility index (Phi) is 7.27. The number of aromatic nitrogens is 3. The normalized spacial score (nSPS) is 16.6. The molecule has 1 N–H and O–H groups in total. The fourth-order valence-corrected chi connectivity index (χ4v) is 5.99. The van der Waals surface area contributed by atoms with Gasteiger partial charge in [0, 0.05) is 34.5 Å². The number of carbonyl (C=O) groups is 2. The predicted molar refractivity (Wildman–Crippen MR) is 138 cm³/mol. The van der Waals surface area contributed by atoms with E-state index >= 15 is 0 Å². The number of benzene rings is 1. The Morgan fingerprint density at radius 3 is 2.39 bits per heavy atom. The van der Waals surface area contributed by atoms with Gasteiger partial charge in [-0.3, -0.25) is 14.5 Å². The van der Waals surface area contributed by atoms with Crippen molar-refractivity contribution in [2.24, 2.45) is 11.8 Å². The standard InChI is InChI=1S/C27H30N4O4S/c1-35-24-13-12-22(29-30-24)20-8-4-5-9-21(20)23-16-36-27(28-23)31(19-10-11-19)26(34)18(15-25(32)33)14-17-6-2-3-7-17/h4-5,8-9,12-13,16-19H,2-3,6-7,10-11,14-15H2,1H3,(H,32,33)/t18-/m1/s1. The number of methoxy groups -OCH3 is 1. The van der Waals surface area contributed by atoms with Crippen LogP contribution in [0.5, 0.6) is 5.88 Å². The molecule has 2 aromatic heterocycles. The smallest absolute Gasteiger partial charge is 0.304 e. The van der Waals surface area contributed by atoms with Crippen molar-refractivity contribution in [2.45, 2.75) is 57.4 Å². The van der Waals surface area contributed by atoms with Crippen molar-refractivity contribution < 1.29 is 19.4 Å². The molecule has 1 aromatic carbocycles. The highest BCUT2D eigenvalue weighted by Gasteiger charge is 2.40. The quantitative estimate of drug-likeness (QED) is 0.390. The second kappa shape index (κ2) is 10.7. The molecule has 2 aliphatic rings. The van der Waals surface area contributed by atoms with Crippen molar-refractivity contribution in [3.05, 3.63) is 41.8 Å². The number of carboxylic acids is 1. The number of rotatable bonds is 10. The molecule has 0 aliphatic heterocycles. The topological polar surface area (TPSA) is 106 Å². The zero-order valence-corrected chi connectivity index (χ0v) is 21.1. The lowest BCUT2D eigenvalue weighted by molar-refractivity contribution is -0.141. The molecule has 5 rings (SSSR count). The summed E-state index contributed by atoms with van der Waals surface area (Å²) < 4.78 is 5.13. The van der Waals surface area contributed by atoms with E-state index in [2.05, 4.69) is 10.2 Å². The van der Waals surface area contributed by atoms with E-state index in [1.165, 1.54) is 24.2 Å². The third kappa shape index (κ3) is 5.41. The van der Waals surface area contributed by atoms with Gasteiger partial charge in [-0.25, -0.2) is 4.98 Å². The second-order valence-electron chi connectivity index (χ2n) is 9.64. The van der Waals surface area contributed by atoms with E-state index < -0.39 is 11.9 Å². The Morgan fingerprint density at radius 1 is 1.06 bits per heavy atom. The van der Waals surface area contributed by atoms with E-state index in [-0.39, 0.29) is 18.4 Å². The molecule has 8 nitrogen and oxygen atoms in total. The summed E-state index contributed by atoms with van der Waals surface area (Å²) in [4.78, 5) is 32.0. The maximum Gasteiger partial charge on any atom is 0.304 e. The highest BCUT2D eigenvalue weighted by Crippen LogP contribution is 2.40. The van der Waals surface area contributed by atoms with E-state index in [9.17, 15) is 14.7 Å². The highest BCUT2D eigenvalue weighted by atomic mass is 32.1. The molecule has 0 bridgehead atoms. The van der Waals surface area contributed by atoms with Gasteiger partial charge in [0.25, 0.3) is 0 Å². The fraction of sp³-hybridized carbons (Fsp3) is 0.444. The molecule has 0 radical (unpaired) electrons. The van der Waals surface area contributed by atoms with Gasteiger partial charge in [-0.15, -0.1) is 21.5 Å². The van der Waals surface area contributed by atoms with Crippen LogP contribution in [-0.4, -0.2) is 45.3 Å². The number of anilines is 1. The minimum Gasteiger partial charge on any atom is -0.481 e.